The van der Waals surface area contributed by atoms with Crippen molar-refractivity contribution in [3.8, 4) is 11.5 Å². The van der Waals surface area contributed by atoms with Crippen LogP contribution in [0.4, 0.5) is 4.39 Å². The van der Waals surface area contributed by atoms with Crippen LogP contribution in [0.25, 0.3) is 0 Å². The number of amides is 1. The number of rotatable bonds is 10. The summed E-state index contributed by atoms with van der Waals surface area (Å²) in [6.45, 7) is 4.91. The Bertz CT molecular complexity index is 812. The number of hydrogen-bond donors (Lipinski definition) is 1. The highest BCUT2D eigenvalue weighted by molar-refractivity contribution is 8.00. The Labute approximate surface area is 169 Å². The lowest BCUT2D eigenvalue weighted by molar-refractivity contribution is -0.118. The molecule has 0 atom stereocenters. The average Bonchev–Trinajstić information content (AvgIpc) is 2.68. The minimum absolute atomic E-state index is 0.0736. The van der Waals surface area contributed by atoms with Gasteiger partial charge in [0, 0.05) is 4.90 Å². The zero-order chi connectivity index (χ0) is 20.4. The molecule has 28 heavy (non-hydrogen) atoms. The number of ether oxygens (including phenoxy) is 2. The molecule has 2 aromatic rings. The topological polar surface area (TPSA) is 59.9 Å². The van der Waals surface area contributed by atoms with Crippen LogP contribution in [0.2, 0.25) is 0 Å². The van der Waals surface area contributed by atoms with Gasteiger partial charge in [-0.05, 0) is 48.2 Å². The molecular weight excluding hydrogens is 379 g/mol. The van der Waals surface area contributed by atoms with Crippen LogP contribution >= 0.6 is 11.8 Å². The molecule has 0 saturated heterocycles. The van der Waals surface area contributed by atoms with Crippen LogP contribution in [0.1, 0.15) is 25.8 Å². The molecule has 2 rings (SSSR count). The molecule has 7 heteroatoms. The summed E-state index contributed by atoms with van der Waals surface area (Å²) in [6, 6.07) is 11.8. The molecule has 0 aromatic heterocycles. The number of halogens is 1. The standard InChI is InChI=1S/C21H25FN2O3S/c1-15(2)10-11-27-18-9-8-16(12-19(18)26-3)13-23-24-21(25)14-28-20-7-5-4-6-17(20)22/h4-9,12-13,15H,10-11,14H2,1-3H3,(H,24,25)/b23-13+. The summed E-state index contributed by atoms with van der Waals surface area (Å²) in [5.41, 5.74) is 3.19. The van der Waals surface area contributed by atoms with Gasteiger partial charge in [-0.15, -0.1) is 11.8 Å². The van der Waals surface area contributed by atoms with E-state index in [4.69, 9.17) is 9.47 Å². The van der Waals surface area contributed by atoms with Crippen LogP contribution in [-0.4, -0.2) is 31.6 Å². The Hall–Kier alpha value is -2.54. The predicted molar refractivity (Wildman–Crippen MR) is 111 cm³/mol. The molecule has 0 saturated carbocycles. The van der Waals surface area contributed by atoms with Crippen molar-refractivity contribution in [3.05, 3.63) is 53.8 Å². The van der Waals surface area contributed by atoms with Gasteiger partial charge in [0.05, 0.1) is 25.7 Å². The van der Waals surface area contributed by atoms with Crippen molar-refractivity contribution in [1.29, 1.82) is 0 Å². The summed E-state index contributed by atoms with van der Waals surface area (Å²) in [4.78, 5) is 12.3. The van der Waals surface area contributed by atoms with E-state index in [1.54, 1.807) is 31.4 Å². The maximum Gasteiger partial charge on any atom is 0.250 e. The zero-order valence-electron chi connectivity index (χ0n) is 16.3. The lowest BCUT2D eigenvalue weighted by Gasteiger charge is -2.12. The van der Waals surface area contributed by atoms with Crippen LogP contribution in [0, 0.1) is 11.7 Å². The van der Waals surface area contributed by atoms with Crippen molar-refractivity contribution in [1.82, 2.24) is 5.43 Å². The lowest BCUT2D eigenvalue weighted by Crippen LogP contribution is -2.19. The molecule has 0 bridgehead atoms. The van der Waals surface area contributed by atoms with Gasteiger partial charge in [0.2, 0.25) is 5.91 Å². The molecule has 0 aliphatic carbocycles. The van der Waals surface area contributed by atoms with Crippen LogP contribution in [-0.2, 0) is 4.79 Å². The van der Waals surface area contributed by atoms with Gasteiger partial charge in [-0.3, -0.25) is 4.79 Å². The molecule has 150 valence electrons. The number of carbonyl (C=O) groups excluding carboxylic acids is 1. The fourth-order valence-corrected chi connectivity index (χ4v) is 2.94. The number of nitrogens with zero attached hydrogens (tertiary/aromatic N) is 1. The molecule has 2 aromatic carbocycles. The lowest BCUT2D eigenvalue weighted by atomic mass is 10.1. The number of carbonyl (C=O) groups is 1. The second-order valence-corrected chi connectivity index (χ2v) is 7.47. The number of hydrazone groups is 1. The van der Waals surface area contributed by atoms with Gasteiger partial charge in [0.25, 0.3) is 0 Å². The first-order valence-electron chi connectivity index (χ1n) is 8.99. The molecule has 0 unspecified atom stereocenters. The van der Waals surface area contributed by atoms with Crippen molar-refractivity contribution in [2.24, 2.45) is 11.0 Å². The number of methoxy groups -OCH3 is 1. The molecule has 0 aliphatic rings. The van der Waals surface area contributed by atoms with Crippen LogP contribution < -0.4 is 14.9 Å². The highest BCUT2D eigenvalue weighted by Gasteiger charge is 2.07. The summed E-state index contributed by atoms with van der Waals surface area (Å²) in [5, 5.41) is 3.94. The Balaban J connectivity index is 1.85. The second kappa shape index (κ2) is 11.3. The van der Waals surface area contributed by atoms with E-state index in [2.05, 4.69) is 24.4 Å². The molecule has 5 nitrogen and oxygen atoms in total. The normalized spacial score (nSPS) is 11.0. The van der Waals surface area contributed by atoms with Gasteiger partial charge >= 0.3 is 0 Å². The first kappa shape index (κ1) is 21.8. The quantitative estimate of drug-likeness (QED) is 0.360. The van der Waals surface area contributed by atoms with Gasteiger partial charge in [-0.25, -0.2) is 9.82 Å². The van der Waals surface area contributed by atoms with Crippen molar-refractivity contribution in [3.63, 3.8) is 0 Å². The monoisotopic (exact) mass is 404 g/mol. The average molecular weight is 405 g/mol. The number of benzene rings is 2. The molecule has 0 heterocycles. The Morgan fingerprint density at radius 3 is 2.75 bits per heavy atom. The summed E-state index contributed by atoms with van der Waals surface area (Å²) < 4.78 is 24.6. The first-order valence-corrected chi connectivity index (χ1v) is 9.98. The van der Waals surface area contributed by atoms with Crippen molar-refractivity contribution >= 4 is 23.9 Å². The third-order valence-corrected chi connectivity index (χ3v) is 4.79. The van der Waals surface area contributed by atoms with Crippen LogP contribution in [0.5, 0.6) is 11.5 Å². The van der Waals surface area contributed by atoms with Gasteiger partial charge in [-0.2, -0.15) is 5.10 Å². The molecule has 0 radical (unpaired) electrons. The fourth-order valence-electron chi connectivity index (χ4n) is 2.20. The maximum atomic E-state index is 13.5. The maximum absolute atomic E-state index is 13.5. The smallest absolute Gasteiger partial charge is 0.250 e. The highest BCUT2D eigenvalue weighted by Crippen LogP contribution is 2.28. The molecule has 1 amide bonds. The Morgan fingerprint density at radius 2 is 2.04 bits per heavy atom. The van der Waals surface area contributed by atoms with E-state index < -0.39 is 0 Å². The number of thioether (sulfide) groups is 1. The minimum Gasteiger partial charge on any atom is -0.493 e. The highest BCUT2D eigenvalue weighted by atomic mass is 32.2. The van der Waals surface area contributed by atoms with Crippen molar-refractivity contribution in [2.45, 2.75) is 25.2 Å². The molecule has 0 fully saturated rings. The summed E-state index contributed by atoms with van der Waals surface area (Å²) in [7, 11) is 1.58. The Kier molecular flexibility index (Phi) is 8.81. The van der Waals surface area contributed by atoms with E-state index in [9.17, 15) is 9.18 Å². The minimum atomic E-state index is -0.341. The second-order valence-electron chi connectivity index (χ2n) is 6.45. The fraction of sp³-hybridized carbons (Fsp3) is 0.333. The molecule has 0 aliphatic heterocycles. The van der Waals surface area contributed by atoms with Crippen molar-refractivity contribution in [2.75, 3.05) is 19.5 Å². The van der Waals surface area contributed by atoms with Crippen molar-refractivity contribution < 1.29 is 18.7 Å². The van der Waals surface area contributed by atoms with E-state index in [1.165, 1.54) is 12.3 Å². The van der Waals surface area contributed by atoms with Gasteiger partial charge < -0.3 is 9.47 Å². The predicted octanol–water partition coefficient (Wildman–Crippen LogP) is 4.50. The third-order valence-electron chi connectivity index (χ3n) is 3.74. The van der Waals surface area contributed by atoms with Gasteiger partial charge in [-0.1, -0.05) is 26.0 Å². The third kappa shape index (κ3) is 7.23. The first-order chi connectivity index (χ1) is 13.5. The largest absolute Gasteiger partial charge is 0.493 e. The summed E-state index contributed by atoms with van der Waals surface area (Å²) in [5.74, 6) is 1.26. The van der Waals surface area contributed by atoms with E-state index in [-0.39, 0.29) is 17.5 Å². The summed E-state index contributed by atoms with van der Waals surface area (Å²) in [6.07, 6.45) is 2.48. The van der Waals surface area contributed by atoms with E-state index in [1.807, 2.05) is 12.1 Å². The number of hydrogen-bond acceptors (Lipinski definition) is 5. The number of nitrogens with one attached hydrogen (secondary N) is 1. The molecule has 0 spiro atoms. The molecular formula is C21H25FN2O3S. The molecule has 1 N–H and O–H groups in total. The van der Waals surface area contributed by atoms with E-state index >= 15 is 0 Å². The van der Waals surface area contributed by atoms with E-state index in [0.717, 1.165) is 23.7 Å². The van der Waals surface area contributed by atoms with Gasteiger partial charge in [0.1, 0.15) is 5.82 Å². The SMILES string of the molecule is COc1cc(/C=N/NC(=O)CSc2ccccc2F)ccc1OCCC(C)C. The Morgan fingerprint density at radius 1 is 1.25 bits per heavy atom. The van der Waals surface area contributed by atoms with Crippen LogP contribution in [0.15, 0.2) is 52.5 Å². The van der Waals surface area contributed by atoms with Crippen LogP contribution in [0.3, 0.4) is 0 Å². The summed E-state index contributed by atoms with van der Waals surface area (Å²) >= 11 is 1.12. The zero-order valence-corrected chi connectivity index (χ0v) is 17.1. The van der Waals surface area contributed by atoms with E-state index in [0.29, 0.717) is 28.9 Å². The van der Waals surface area contributed by atoms with Gasteiger partial charge in [0.15, 0.2) is 11.5 Å².